The van der Waals surface area contributed by atoms with Gasteiger partial charge in [-0.1, -0.05) is 112 Å². The van der Waals surface area contributed by atoms with Crippen molar-refractivity contribution in [1.29, 1.82) is 0 Å². The van der Waals surface area contributed by atoms with Gasteiger partial charge in [0.05, 0.1) is 0 Å². The third-order valence-corrected chi connectivity index (χ3v) is 12.8. The Morgan fingerprint density at radius 3 is 2.51 bits per heavy atom. The number of esters is 1. The smallest absolute Gasteiger partial charge is 0.320 e. The molecule has 4 aliphatic rings. The van der Waals surface area contributed by atoms with E-state index in [2.05, 4.69) is 68.8 Å². The van der Waals surface area contributed by atoms with E-state index in [1.54, 1.807) is 5.57 Å². The van der Waals surface area contributed by atoms with E-state index in [0.29, 0.717) is 17.3 Å². The summed E-state index contributed by atoms with van der Waals surface area (Å²) in [5.74, 6) is 5.06. The molecule has 0 spiro atoms. The van der Waals surface area contributed by atoms with Crippen molar-refractivity contribution in [1.82, 2.24) is 0 Å². The molecule has 0 unspecified atom stereocenters. The minimum Gasteiger partial charge on any atom is -0.461 e. The lowest BCUT2D eigenvalue weighted by Crippen LogP contribution is -2.51. The predicted molar refractivity (Wildman–Crippen MR) is 166 cm³/mol. The molecule has 4 aliphatic carbocycles. The quantitative estimate of drug-likeness (QED) is 0.161. The van der Waals surface area contributed by atoms with E-state index in [0.717, 1.165) is 53.9 Å². The predicted octanol–water partition coefficient (Wildman–Crippen LogP) is 9.95. The van der Waals surface area contributed by atoms with E-state index in [9.17, 15) is 4.79 Å². The Hall–Kier alpha value is -1.09. The average Bonchev–Trinajstić information content (AvgIpc) is 3.26. The van der Waals surface area contributed by atoms with Crippen molar-refractivity contribution in [3.05, 3.63) is 47.5 Å². The summed E-state index contributed by atoms with van der Waals surface area (Å²) >= 11 is 3.61. The van der Waals surface area contributed by atoms with Crippen LogP contribution in [-0.2, 0) is 16.0 Å². The highest BCUT2D eigenvalue weighted by atomic mass is 79.9. The van der Waals surface area contributed by atoms with Crippen LogP contribution in [0, 0.1) is 46.3 Å². The second kappa shape index (κ2) is 12.0. The molecule has 0 radical (unpaired) electrons. The summed E-state index contributed by atoms with van der Waals surface area (Å²) in [6.07, 6.45) is 17.6. The third kappa shape index (κ3) is 5.96. The zero-order chi connectivity index (χ0) is 27.8. The van der Waals surface area contributed by atoms with Crippen molar-refractivity contribution in [2.75, 3.05) is 0 Å². The Labute approximate surface area is 247 Å². The van der Waals surface area contributed by atoms with Crippen LogP contribution in [0.25, 0.3) is 0 Å². The highest BCUT2D eigenvalue weighted by molar-refractivity contribution is 9.10. The Bertz CT molecular complexity index is 1020. The summed E-state index contributed by atoms with van der Waals surface area (Å²) in [5, 5.41) is 0. The van der Waals surface area contributed by atoms with Gasteiger partial charge in [-0.2, -0.15) is 0 Å². The largest absolute Gasteiger partial charge is 0.461 e. The van der Waals surface area contributed by atoms with Crippen LogP contribution in [0.4, 0.5) is 0 Å². The minimum absolute atomic E-state index is 0.0283. The molecule has 9 atom stereocenters. The number of alkyl halides is 1. The molecule has 3 saturated carbocycles. The van der Waals surface area contributed by atoms with Crippen molar-refractivity contribution in [3.8, 4) is 0 Å². The highest BCUT2D eigenvalue weighted by Gasteiger charge is 2.59. The van der Waals surface area contributed by atoms with Crippen LogP contribution < -0.4 is 0 Å². The Morgan fingerprint density at radius 1 is 1.00 bits per heavy atom. The van der Waals surface area contributed by atoms with Crippen LogP contribution in [0.3, 0.4) is 0 Å². The first-order valence-electron chi connectivity index (χ1n) is 16.2. The number of carbonyl (C=O) groups excluding carboxylic acids is 1. The SMILES string of the molecule is CC(C)CCC[C@H](C)[C@H]1CC[C@H]2[C@@H]3CC=C4C[C@@H](OC(=O)[C@H](Br)Cc5ccccc5)CC[C@]4(C)[C@H]3CC[C@]12C. The molecule has 0 bridgehead atoms. The van der Waals surface area contributed by atoms with Gasteiger partial charge in [0.25, 0.3) is 0 Å². The van der Waals surface area contributed by atoms with Crippen molar-refractivity contribution >= 4 is 21.9 Å². The van der Waals surface area contributed by atoms with Crippen molar-refractivity contribution < 1.29 is 9.53 Å². The minimum atomic E-state index is -0.281. The Morgan fingerprint density at radius 2 is 1.77 bits per heavy atom. The van der Waals surface area contributed by atoms with E-state index >= 15 is 0 Å². The second-order valence-corrected chi connectivity index (χ2v) is 15.9. The first-order valence-corrected chi connectivity index (χ1v) is 17.1. The molecule has 3 heteroatoms. The lowest BCUT2D eigenvalue weighted by atomic mass is 9.47. The van der Waals surface area contributed by atoms with Gasteiger partial charge < -0.3 is 4.74 Å². The number of hydrogen-bond donors (Lipinski definition) is 0. The van der Waals surface area contributed by atoms with Gasteiger partial charge in [0.15, 0.2) is 0 Å². The fourth-order valence-corrected chi connectivity index (χ4v) is 10.4. The van der Waals surface area contributed by atoms with Gasteiger partial charge in [-0.05, 0) is 103 Å². The summed E-state index contributed by atoms with van der Waals surface area (Å²) in [6.45, 7) is 12.6. The molecular formula is C36H53BrO2. The van der Waals surface area contributed by atoms with Gasteiger partial charge in [-0.15, -0.1) is 0 Å². The van der Waals surface area contributed by atoms with Gasteiger partial charge in [-0.25, -0.2) is 0 Å². The molecule has 0 aromatic heterocycles. The van der Waals surface area contributed by atoms with Gasteiger partial charge in [-0.3, -0.25) is 4.79 Å². The molecule has 1 aromatic carbocycles. The molecule has 5 rings (SSSR count). The van der Waals surface area contributed by atoms with E-state index in [4.69, 9.17) is 4.74 Å². The van der Waals surface area contributed by atoms with Gasteiger partial charge in [0, 0.05) is 6.42 Å². The molecule has 3 fully saturated rings. The first kappa shape index (κ1) is 29.4. The lowest BCUT2D eigenvalue weighted by molar-refractivity contribution is -0.150. The zero-order valence-electron chi connectivity index (χ0n) is 25.3. The van der Waals surface area contributed by atoms with Crippen molar-refractivity contribution in [2.24, 2.45) is 46.3 Å². The number of halogens is 1. The standard InChI is InChI=1S/C36H53BrO2/c1-24(2)10-9-11-25(3)30-16-17-31-29-15-14-27-23-28(18-20-35(27,4)32(29)19-21-36(30,31)5)39-34(38)33(37)22-26-12-7-6-8-13-26/h6-8,12-14,24-25,28-33H,9-11,15-23H2,1-5H3/t25-,28-,29-,30+,31-,32-,33+,35-,36+/m0/s1. The van der Waals surface area contributed by atoms with Gasteiger partial charge >= 0.3 is 5.97 Å². The van der Waals surface area contributed by atoms with Crippen molar-refractivity contribution in [3.63, 3.8) is 0 Å². The number of rotatable bonds is 9. The maximum atomic E-state index is 12.9. The van der Waals surface area contributed by atoms with Gasteiger partial charge in [0.1, 0.15) is 10.9 Å². The van der Waals surface area contributed by atoms with Crippen LogP contribution in [0.2, 0.25) is 0 Å². The van der Waals surface area contributed by atoms with E-state index in [1.165, 1.54) is 57.8 Å². The number of hydrogen-bond acceptors (Lipinski definition) is 2. The molecule has 2 nitrogen and oxygen atoms in total. The Kier molecular flexibility index (Phi) is 9.07. The van der Waals surface area contributed by atoms with Crippen LogP contribution in [0.15, 0.2) is 42.0 Å². The van der Waals surface area contributed by atoms with E-state index in [-0.39, 0.29) is 16.9 Å². The maximum absolute atomic E-state index is 12.9. The van der Waals surface area contributed by atoms with E-state index < -0.39 is 0 Å². The molecule has 1 aromatic rings. The number of ether oxygens (including phenoxy) is 1. The summed E-state index contributed by atoms with van der Waals surface area (Å²) in [5.41, 5.74) is 3.60. The van der Waals surface area contributed by atoms with E-state index in [1.807, 2.05) is 18.2 Å². The molecule has 0 heterocycles. The fourth-order valence-electron chi connectivity index (χ4n) is 9.90. The zero-order valence-corrected chi connectivity index (χ0v) is 26.8. The molecule has 0 saturated heterocycles. The monoisotopic (exact) mass is 596 g/mol. The Balaban J connectivity index is 1.21. The number of allylic oxidation sites excluding steroid dienone is 1. The third-order valence-electron chi connectivity index (χ3n) is 12.1. The second-order valence-electron chi connectivity index (χ2n) is 14.7. The van der Waals surface area contributed by atoms with Gasteiger partial charge in [0.2, 0.25) is 0 Å². The average molecular weight is 598 g/mol. The molecular weight excluding hydrogens is 544 g/mol. The summed E-state index contributed by atoms with van der Waals surface area (Å²) in [7, 11) is 0. The molecule has 0 amide bonds. The summed E-state index contributed by atoms with van der Waals surface area (Å²) in [4.78, 5) is 12.7. The molecule has 0 aliphatic heterocycles. The summed E-state index contributed by atoms with van der Waals surface area (Å²) < 4.78 is 6.10. The maximum Gasteiger partial charge on any atom is 0.320 e. The van der Waals surface area contributed by atoms with Crippen LogP contribution in [0.5, 0.6) is 0 Å². The number of carbonyl (C=O) groups is 1. The fraction of sp³-hybridized carbons (Fsp3) is 0.750. The first-order chi connectivity index (χ1) is 18.6. The highest BCUT2D eigenvalue weighted by Crippen LogP contribution is 2.67. The normalized spacial score (nSPS) is 37.3. The van der Waals surface area contributed by atoms with Crippen molar-refractivity contribution in [2.45, 2.75) is 123 Å². The topological polar surface area (TPSA) is 26.3 Å². The molecule has 39 heavy (non-hydrogen) atoms. The number of fused-ring (bicyclic) bond motifs is 5. The van der Waals surface area contributed by atoms with Crippen LogP contribution >= 0.6 is 15.9 Å². The van der Waals surface area contributed by atoms with Crippen LogP contribution in [0.1, 0.15) is 111 Å². The van der Waals surface area contributed by atoms with Crippen LogP contribution in [-0.4, -0.2) is 16.9 Å². The molecule has 216 valence electrons. The summed E-state index contributed by atoms with van der Waals surface area (Å²) in [6, 6.07) is 10.2. The number of benzene rings is 1. The molecule has 0 N–H and O–H groups in total. The lowest BCUT2D eigenvalue weighted by Gasteiger charge is -2.58.